The van der Waals surface area contributed by atoms with Crippen LogP contribution >= 0.6 is 0 Å². The van der Waals surface area contributed by atoms with Gasteiger partial charge < -0.3 is 19.8 Å². The van der Waals surface area contributed by atoms with E-state index in [0.29, 0.717) is 11.1 Å². The van der Waals surface area contributed by atoms with E-state index in [1.807, 2.05) is 13.0 Å². The van der Waals surface area contributed by atoms with Crippen LogP contribution in [0, 0.1) is 0 Å². The Morgan fingerprint density at radius 2 is 1.77 bits per heavy atom. The normalized spacial score (nSPS) is 25.1. The summed E-state index contributed by atoms with van der Waals surface area (Å²) in [6.07, 6.45) is 4.51. The molecule has 6 nitrogen and oxygen atoms in total. The van der Waals surface area contributed by atoms with Crippen molar-refractivity contribution in [2.75, 3.05) is 0 Å². The van der Waals surface area contributed by atoms with Crippen molar-refractivity contribution >= 4 is 17.4 Å². The van der Waals surface area contributed by atoms with Crippen LogP contribution in [0.25, 0.3) is 5.76 Å². The highest BCUT2D eigenvalue weighted by Crippen LogP contribution is 2.44. The standard InChI is InChI=1S/C25H25NO5/c1-14-12-17-13-16(8-11-20(17)31-14)23(28)21-22(15-6-9-19(27)10-7-15)26(25(30)24(21)29)18-4-2-3-5-18/h6-11,13-14,18,22,27-28H,2-5,12H2,1H3/b23-21-. The Morgan fingerprint density at radius 1 is 1.06 bits per heavy atom. The van der Waals surface area contributed by atoms with Gasteiger partial charge in [0.1, 0.15) is 23.4 Å². The van der Waals surface area contributed by atoms with Gasteiger partial charge in [-0.1, -0.05) is 25.0 Å². The van der Waals surface area contributed by atoms with Gasteiger partial charge in [0.25, 0.3) is 11.7 Å². The number of hydrogen-bond acceptors (Lipinski definition) is 5. The molecule has 2 unspecified atom stereocenters. The average molecular weight is 419 g/mol. The van der Waals surface area contributed by atoms with Gasteiger partial charge in [-0.15, -0.1) is 0 Å². The number of fused-ring (bicyclic) bond motifs is 1. The Kier molecular flexibility index (Phi) is 4.73. The highest BCUT2D eigenvalue weighted by molar-refractivity contribution is 6.46. The molecule has 6 heteroatoms. The number of ether oxygens (including phenoxy) is 1. The maximum absolute atomic E-state index is 13.1. The van der Waals surface area contributed by atoms with Crippen LogP contribution in [0.15, 0.2) is 48.0 Å². The summed E-state index contributed by atoms with van der Waals surface area (Å²) in [6, 6.07) is 11.2. The highest BCUT2D eigenvalue weighted by Gasteiger charge is 2.49. The monoisotopic (exact) mass is 419 g/mol. The number of likely N-dealkylation sites (tertiary alicyclic amines) is 1. The number of benzene rings is 2. The number of nitrogens with zero attached hydrogens (tertiary/aromatic N) is 1. The van der Waals surface area contributed by atoms with Crippen LogP contribution in [0.5, 0.6) is 11.5 Å². The summed E-state index contributed by atoms with van der Waals surface area (Å²) in [5.41, 5.74) is 2.28. The van der Waals surface area contributed by atoms with Gasteiger partial charge in [0.2, 0.25) is 0 Å². The molecule has 1 saturated heterocycles. The number of aromatic hydroxyl groups is 1. The minimum absolute atomic E-state index is 0.0326. The van der Waals surface area contributed by atoms with Crippen LogP contribution in [-0.2, 0) is 16.0 Å². The van der Waals surface area contributed by atoms with Crippen molar-refractivity contribution in [1.82, 2.24) is 4.90 Å². The van der Waals surface area contributed by atoms with Crippen molar-refractivity contribution in [2.45, 2.75) is 57.2 Å². The van der Waals surface area contributed by atoms with E-state index < -0.39 is 17.7 Å². The third-order valence-corrected chi connectivity index (χ3v) is 6.58. The van der Waals surface area contributed by atoms with Gasteiger partial charge in [0, 0.05) is 18.0 Å². The van der Waals surface area contributed by atoms with Crippen LogP contribution in [0.3, 0.4) is 0 Å². The highest BCUT2D eigenvalue weighted by atomic mass is 16.5. The van der Waals surface area contributed by atoms with Gasteiger partial charge in [-0.3, -0.25) is 9.59 Å². The first kappa shape index (κ1) is 19.7. The predicted octanol–water partition coefficient (Wildman–Crippen LogP) is 4.08. The maximum Gasteiger partial charge on any atom is 0.295 e. The van der Waals surface area contributed by atoms with Gasteiger partial charge in [-0.05, 0) is 61.2 Å². The summed E-state index contributed by atoms with van der Waals surface area (Å²) in [5.74, 6) is -0.503. The molecule has 2 fully saturated rings. The Morgan fingerprint density at radius 3 is 2.48 bits per heavy atom. The molecule has 0 aromatic heterocycles. The molecular weight excluding hydrogens is 394 g/mol. The fourth-order valence-electron chi connectivity index (χ4n) is 5.12. The van der Waals surface area contributed by atoms with Gasteiger partial charge in [-0.25, -0.2) is 0 Å². The number of Topliss-reactive ketones (excluding diaryl/α,β-unsaturated/α-hetero) is 1. The number of carbonyl (C=O) groups excluding carboxylic acids is 2. The van der Waals surface area contributed by atoms with E-state index >= 15 is 0 Å². The number of amides is 1. The molecule has 1 amide bonds. The first-order chi connectivity index (χ1) is 14.9. The molecule has 2 N–H and O–H groups in total. The van der Waals surface area contributed by atoms with Gasteiger partial charge >= 0.3 is 0 Å². The predicted molar refractivity (Wildman–Crippen MR) is 115 cm³/mol. The number of carbonyl (C=O) groups is 2. The van der Waals surface area contributed by atoms with E-state index in [1.54, 1.807) is 29.2 Å². The van der Waals surface area contributed by atoms with E-state index in [-0.39, 0.29) is 29.2 Å². The number of aliphatic hydroxyl groups is 1. The third kappa shape index (κ3) is 3.26. The van der Waals surface area contributed by atoms with Crippen LogP contribution < -0.4 is 4.74 Å². The molecule has 0 spiro atoms. The van der Waals surface area contributed by atoms with E-state index in [1.165, 1.54) is 12.1 Å². The zero-order valence-electron chi connectivity index (χ0n) is 17.4. The number of aliphatic hydroxyl groups excluding tert-OH is 1. The molecule has 3 aliphatic rings. The molecule has 1 aliphatic carbocycles. The molecule has 160 valence electrons. The average Bonchev–Trinajstić information content (AvgIpc) is 3.46. The summed E-state index contributed by atoms with van der Waals surface area (Å²) in [5, 5.41) is 21.0. The maximum atomic E-state index is 13.1. The lowest BCUT2D eigenvalue weighted by Gasteiger charge is -2.30. The van der Waals surface area contributed by atoms with Crippen molar-refractivity contribution in [1.29, 1.82) is 0 Å². The first-order valence-electron chi connectivity index (χ1n) is 10.8. The smallest absolute Gasteiger partial charge is 0.295 e. The minimum Gasteiger partial charge on any atom is -0.508 e. The topological polar surface area (TPSA) is 87.1 Å². The Hall–Kier alpha value is -3.28. The lowest BCUT2D eigenvalue weighted by atomic mass is 9.94. The number of ketones is 1. The van der Waals surface area contributed by atoms with Gasteiger partial charge in [-0.2, -0.15) is 0 Å². The second kappa shape index (κ2) is 7.45. The summed E-state index contributed by atoms with van der Waals surface area (Å²) in [4.78, 5) is 27.9. The van der Waals surface area contributed by atoms with Crippen molar-refractivity contribution in [3.8, 4) is 11.5 Å². The number of phenolic OH excluding ortho intramolecular Hbond substituents is 1. The van der Waals surface area contributed by atoms with Crippen molar-refractivity contribution < 1.29 is 24.5 Å². The van der Waals surface area contributed by atoms with Crippen LogP contribution in [-0.4, -0.2) is 38.9 Å². The third-order valence-electron chi connectivity index (χ3n) is 6.58. The van der Waals surface area contributed by atoms with Gasteiger partial charge in [0.15, 0.2) is 0 Å². The summed E-state index contributed by atoms with van der Waals surface area (Å²) in [6.45, 7) is 1.98. The van der Waals surface area contributed by atoms with E-state index in [0.717, 1.165) is 43.4 Å². The zero-order valence-corrected chi connectivity index (χ0v) is 17.4. The number of rotatable bonds is 3. The molecule has 2 aromatic carbocycles. The number of phenols is 1. The Bertz CT molecular complexity index is 1080. The fourth-order valence-corrected chi connectivity index (χ4v) is 5.12. The quantitative estimate of drug-likeness (QED) is 0.445. The SMILES string of the molecule is CC1Cc2cc(/C(O)=C3/C(=O)C(=O)N(C4CCCC4)C3c3ccc(O)cc3)ccc2O1. The number of hydrogen-bond donors (Lipinski definition) is 2. The minimum atomic E-state index is -0.674. The molecule has 2 atom stereocenters. The van der Waals surface area contributed by atoms with Crippen LogP contribution in [0.1, 0.15) is 55.3 Å². The second-order valence-electron chi connectivity index (χ2n) is 8.69. The van der Waals surface area contributed by atoms with E-state index in [4.69, 9.17) is 4.74 Å². The molecule has 2 heterocycles. The van der Waals surface area contributed by atoms with Crippen LogP contribution in [0.2, 0.25) is 0 Å². The summed E-state index contributed by atoms with van der Waals surface area (Å²) < 4.78 is 5.74. The second-order valence-corrected chi connectivity index (χ2v) is 8.69. The van der Waals surface area contributed by atoms with Gasteiger partial charge in [0.05, 0.1) is 11.6 Å². The lowest BCUT2D eigenvalue weighted by Crippen LogP contribution is -2.37. The molecule has 5 rings (SSSR count). The lowest BCUT2D eigenvalue weighted by molar-refractivity contribution is -0.141. The largest absolute Gasteiger partial charge is 0.508 e. The molecule has 2 aromatic rings. The van der Waals surface area contributed by atoms with Crippen molar-refractivity contribution in [2.24, 2.45) is 0 Å². The van der Waals surface area contributed by atoms with Crippen molar-refractivity contribution in [3.05, 3.63) is 64.7 Å². The zero-order chi connectivity index (χ0) is 21.7. The Balaban J connectivity index is 1.64. The Labute approximate surface area is 180 Å². The summed E-state index contributed by atoms with van der Waals surface area (Å²) >= 11 is 0. The fraction of sp³-hybridized carbons (Fsp3) is 0.360. The molecular formula is C25H25NO5. The van der Waals surface area contributed by atoms with Crippen LogP contribution in [0.4, 0.5) is 0 Å². The molecule has 1 saturated carbocycles. The first-order valence-corrected chi connectivity index (χ1v) is 10.8. The molecule has 0 bridgehead atoms. The molecule has 31 heavy (non-hydrogen) atoms. The summed E-state index contributed by atoms with van der Waals surface area (Å²) in [7, 11) is 0. The molecule has 0 radical (unpaired) electrons. The van der Waals surface area contributed by atoms with E-state index in [9.17, 15) is 19.8 Å². The van der Waals surface area contributed by atoms with Crippen molar-refractivity contribution in [3.63, 3.8) is 0 Å². The van der Waals surface area contributed by atoms with E-state index in [2.05, 4.69) is 0 Å². The molecule has 2 aliphatic heterocycles.